The smallest absolute Gasteiger partial charge is 0.256 e. The van der Waals surface area contributed by atoms with E-state index in [1.165, 1.54) is 24.5 Å². The molecule has 3 rings (SSSR count). The molecule has 1 aromatic carbocycles. The van der Waals surface area contributed by atoms with Gasteiger partial charge >= 0.3 is 0 Å². The average Bonchev–Trinajstić information content (AvgIpc) is 2.74. The predicted molar refractivity (Wildman–Crippen MR) is 106 cm³/mol. The molecule has 0 bridgehead atoms. The van der Waals surface area contributed by atoms with Crippen LogP contribution in [0.1, 0.15) is 21.5 Å². The Morgan fingerprint density at radius 2 is 1.64 bits per heavy atom. The first-order valence-electron chi connectivity index (χ1n) is 9.06. The number of nitrogens with one attached hydrogen (secondary N) is 1. The minimum atomic E-state index is -0.244. The average molecular weight is 379 g/mol. The van der Waals surface area contributed by atoms with Crippen LogP contribution in [0.25, 0.3) is 0 Å². The molecule has 28 heavy (non-hydrogen) atoms. The molecule has 7 heteroatoms. The van der Waals surface area contributed by atoms with Gasteiger partial charge in [0.05, 0.1) is 5.56 Å². The van der Waals surface area contributed by atoms with Crippen molar-refractivity contribution in [2.45, 2.75) is 12.8 Å². The number of aromatic nitrogens is 3. The molecule has 0 saturated carbocycles. The van der Waals surface area contributed by atoms with Gasteiger partial charge in [0, 0.05) is 44.9 Å². The number of benzene rings is 1. The summed E-state index contributed by atoms with van der Waals surface area (Å²) in [6.07, 6.45) is 8.02. The number of likely N-dealkylation sites (N-methyl/N-ethyl adjacent to an activating group) is 1. The Morgan fingerprint density at radius 3 is 2.32 bits per heavy atom. The lowest BCUT2D eigenvalue weighted by Gasteiger charge is -2.17. The Balaban J connectivity index is 1.47. The van der Waals surface area contributed by atoms with Gasteiger partial charge in [-0.1, -0.05) is 12.1 Å². The summed E-state index contributed by atoms with van der Waals surface area (Å²) in [5.41, 5.74) is 2.60. The molecule has 0 radical (unpaired) electrons. The van der Waals surface area contributed by atoms with Crippen molar-refractivity contribution < 1.29 is 9.18 Å². The highest BCUT2D eigenvalue weighted by Crippen LogP contribution is 2.07. The number of hydrogen-bond donors (Lipinski definition) is 1. The van der Waals surface area contributed by atoms with Crippen molar-refractivity contribution in [2.24, 2.45) is 0 Å². The summed E-state index contributed by atoms with van der Waals surface area (Å²) in [4.78, 5) is 26.5. The normalized spacial score (nSPS) is 10.5. The maximum Gasteiger partial charge on any atom is 0.256 e. The molecule has 0 aliphatic heterocycles. The molecule has 1 amide bonds. The van der Waals surface area contributed by atoms with E-state index in [0.717, 1.165) is 24.0 Å². The molecule has 0 fully saturated rings. The van der Waals surface area contributed by atoms with E-state index in [9.17, 15) is 9.18 Å². The number of carbonyl (C=O) groups is 1. The first-order valence-corrected chi connectivity index (χ1v) is 9.06. The van der Waals surface area contributed by atoms with Gasteiger partial charge < -0.3 is 10.2 Å². The predicted octanol–water partition coefficient (Wildman–Crippen LogP) is 2.98. The SMILES string of the molecule is CN(CCc1ccncc1)C(=O)c1cnc(NCCc2ccc(F)cc2)nc1. The summed E-state index contributed by atoms with van der Waals surface area (Å²) >= 11 is 0. The molecule has 0 unspecified atom stereocenters. The fourth-order valence-electron chi connectivity index (χ4n) is 2.67. The molecule has 3 aromatic rings. The second-order valence-corrected chi connectivity index (χ2v) is 6.43. The number of amides is 1. The lowest BCUT2D eigenvalue weighted by Crippen LogP contribution is -2.29. The van der Waals surface area contributed by atoms with Crippen LogP contribution in [0.4, 0.5) is 10.3 Å². The summed E-state index contributed by atoms with van der Waals surface area (Å²) in [6.45, 7) is 1.21. The van der Waals surface area contributed by atoms with Gasteiger partial charge in [-0.05, 0) is 48.2 Å². The van der Waals surface area contributed by atoms with Crippen LogP contribution in [0.15, 0.2) is 61.2 Å². The van der Waals surface area contributed by atoms with E-state index in [2.05, 4.69) is 20.3 Å². The summed E-state index contributed by atoms with van der Waals surface area (Å²) in [5, 5.41) is 3.10. The first kappa shape index (κ1) is 19.4. The molecule has 0 aliphatic rings. The Labute approximate surface area is 163 Å². The van der Waals surface area contributed by atoms with Crippen molar-refractivity contribution in [3.8, 4) is 0 Å². The number of pyridine rings is 1. The minimum absolute atomic E-state index is 0.119. The van der Waals surface area contributed by atoms with E-state index in [1.54, 1.807) is 36.5 Å². The largest absolute Gasteiger partial charge is 0.354 e. The lowest BCUT2D eigenvalue weighted by atomic mass is 10.1. The molecule has 2 aromatic heterocycles. The molecule has 0 atom stereocenters. The highest BCUT2D eigenvalue weighted by atomic mass is 19.1. The maximum atomic E-state index is 12.9. The number of carbonyl (C=O) groups excluding carboxylic acids is 1. The highest BCUT2D eigenvalue weighted by molar-refractivity contribution is 5.93. The fourth-order valence-corrected chi connectivity index (χ4v) is 2.67. The molecular formula is C21H22FN5O. The molecule has 0 saturated heterocycles. The van der Waals surface area contributed by atoms with Crippen LogP contribution in [0, 0.1) is 5.82 Å². The van der Waals surface area contributed by atoms with Gasteiger partial charge in [0.1, 0.15) is 5.82 Å². The third-order valence-electron chi connectivity index (χ3n) is 4.34. The van der Waals surface area contributed by atoms with Gasteiger partial charge in [0.25, 0.3) is 5.91 Å². The topological polar surface area (TPSA) is 71.0 Å². The summed E-state index contributed by atoms with van der Waals surface area (Å²) in [7, 11) is 1.76. The van der Waals surface area contributed by atoms with Crippen LogP contribution in [0.5, 0.6) is 0 Å². The van der Waals surface area contributed by atoms with Gasteiger partial charge in [0.15, 0.2) is 0 Å². The molecule has 0 aliphatic carbocycles. The molecule has 144 valence electrons. The van der Waals surface area contributed by atoms with Crippen LogP contribution >= 0.6 is 0 Å². The number of nitrogens with zero attached hydrogens (tertiary/aromatic N) is 4. The number of halogens is 1. The van der Waals surface area contributed by atoms with Gasteiger partial charge in [-0.3, -0.25) is 9.78 Å². The van der Waals surface area contributed by atoms with E-state index in [4.69, 9.17) is 0 Å². The van der Waals surface area contributed by atoms with Crippen molar-refractivity contribution in [1.29, 1.82) is 0 Å². The van der Waals surface area contributed by atoms with Crippen molar-refractivity contribution >= 4 is 11.9 Å². The highest BCUT2D eigenvalue weighted by Gasteiger charge is 2.12. The van der Waals surface area contributed by atoms with Crippen LogP contribution in [-0.2, 0) is 12.8 Å². The first-order chi connectivity index (χ1) is 13.6. The monoisotopic (exact) mass is 379 g/mol. The van der Waals surface area contributed by atoms with E-state index < -0.39 is 0 Å². The molecule has 0 spiro atoms. The van der Waals surface area contributed by atoms with Gasteiger partial charge in [0.2, 0.25) is 5.95 Å². The zero-order chi connectivity index (χ0) is 19.8. The number of anilines is 1. The van der Waals surface area contributed by atoms with E-state index in [0.29, 0.717) is 24.6 Å². The second-order valence-electron chi connectivity index (χ2n) is 6.43. The summed E-state index contributed by atoms with van der Waals surface area (Å²) < 4.78 is 12.9. The van der Waals surface area contributed by atoms with E-state index in [1.807, 2.05) is 12.1 Å². The summed E-state index contributed by atoms with van der Waals surface area (Å²) in [6, 6.07) is 10.3. The standard InChI is InChI=1S/C21H22FN5O/c1-27(13-9-17-6-10-23-11-7-17)20(28)18-14-25-21(26-15-18)24-12-8-16-2-4-19(22)5-3-16/h2-7,10-11,14-15H,8-9,12-13H2,1H3,(H,24,25,26). The number of hydrogen-bond acceptors (Lipinski definition) is 5. The van der Waals surface area contributed by atoms with Crippen molar-refractivity contribution in [3.05, 3.63) is 83.7 Å². The lowest BCUT2D eigenvalue weighted by molar-refractivity contribution is 0.0796. The van der Waals surface area contributed by atoms with Crippen LogP contribution < -0.4 is 5.32 Å². The van der Waals surface area contributed by atoms with E-state index in [-0.39, 0.29) is 11.7 Å². The Kier molecular flexibility index (Phi) is 6.62. The third-order valence-corrected chi connectivity index (χ3v) is 4.34. The molecular weight excluding hydrogens is 357 g/mol. The van der Waals surface area contributed by atoms with Crippen LogP contribution in [0.2, 0.25) is 0 Å². The Morgan fingerprint density at radius 1 is 1.00 bits per heavy atom. The van der Waals surface area contributed by atoms with Crippen molar-refractivity contribution in [3.63, 3.8) is 0 Å². The zero-order valence-electron chi connectivity index (χ0n) is 15.7. The molecule has 1 N–H and O–H groups in total. The molecule has 2 heterocycles. The van der Waals surface area contributed by atoms with Crippen molar-refractivity contribution in [2.75, 3.05) is 25.5 Å². The van der Waals surface area contributed by atoms with E-state index >= 15 is 0 Å². The quantitative estimate of drug-likeness (QED) is 0.652. The minimum Gasteiger partial charge on any atom is -0.354 e. The van der Waals surface area contributed by atoms with Crippen LogP contribution in [0.3, 0.4) is 0 Å². The van der Waals surface area contributed by atoms with Crippen molar-refractivity contribution in [1.82, 2.24) is 19.9 Å². The van der Waals surface area contributed by atoms with Crippen LogP contribution in [-0.4, -0.2) is 45.9 Å². The Bertz CT molecular complexity index is 885. The molecule has 6 nitrogen and oxygen atoms in total. The Hall–Kier alpha value is -3.35. The number of rotatable bonds is 8. The van der Waals surface area contributed by atoms with Gasteiger partial charge in [-0.2, -0.15) is 0 Å². The third kappa shape index (κ3) is 5.57. The fraction of sp³-hybridized carbons (Fsp3) is 0.238. The van der Waals surface area contributed by atoms with Gasteiger partial charge in [-0.25, -0.2) is 14.4 Å². The van der Waals surface area contributed by atoms with Gasteiger partial charge in [-0.15, -0.1) is 0 Å². The maximum absolute atomic E-state index is 12.9. The zero-order valence-corrected chi connectivity index (χ0v) is 15.7. The second kappa shape index (κ2) is 9.55. The summed E-state index contributed by atoms with van der Waals surface area (Å²) in [5.74, 6) is 0.0936.